The van der Waals surface area contributed by atoms with Crippen molar-refractivity contribution in [2.45, 2.75) is 31.5 Å². The first-order valence-electron chi connectivity index (χ1n) is 8.83. The molecule has 2 atom stereocenters. The van der Waals surface area contributed by atoms with Crippen LogP contribution in [-0.4, -0.2) is 73.8 Å². The summed E-state index contributed by atoms with van der Waals surface area (Å²) in [7, 11) is 1.75. The summed E-state index contributed by atoms with van der Waals surface area (Å²) in [6.07, 6.45) is 4.29. The Hall–Kier alpha value is -1.44. The van der Waals surface area contributed by atoms with Crippen molar-refractivity contribution in [3.8, 4) is 0 Å². The van der Waals surface area contributed by atoms with Gasteiger partial charge >= 0.3 is 0 Å². The van der Waals surface area contributed by atoms with E-state index in [-0.39, 0.29) is 17.6 Å². The van der Waals surface area contributed by atoms with E-state index in [4.69, 9.17) is 9.47 Å². The van der Waals surface area contributed by atoms with Crippen molar-refractivity contribution in [3.05, 3.63) is 12.4 Å². The average Bonchev–Trinajstić information content (AvgIpc) is 2.67. The molecule has 0 radical (unpaired) electrons. The molecule has 7 nitrogen and oxygen atoms in total. The third-order valence-electron chi connectivity index (χ3n) is 6.02. The molecule has 1 aromatic heterocycles. The van der Waals surface area contributed by atoms with Gasteiger partial charge in [-0.2, -0.15) is 0 Å². The monoisotopic (exact) mass is 334 g/mol. The summed E-state index contributed by atoms with van der Waals surface area (Å²) in [5.41, 5.74) is -0.0503. The molecule has 7 heteroatoms. The molecule has 0 aromatic carbocycles. The molecule has 1 spiro atoms. The van der Waals surface area contributed by atoms with Crippen LogP contribution in [0.15, 0.2) is 12.4 Å². The summed E-state index contributed by atoms with van der Waals surface area (Å²) in [6.45, 7) is 5.05. The number of nitrogens with zero attached hydrogens (tertiary/aromatic N) is 4. The Kier molecular flexibility index (Phi) is 4.32. The second-order valence-electron chi connectivity index (χ2n) is 7.03. The maximum atomic E-state index is 10.3. The molecule has 3 heterocycles. The Labute approximate surface area is 142 Å². The van der Waals surface area contributed by atoms with E-state index in [9.17, 15) is 5.11 Å². The third kappa shape index (κ3) is 2.64. The first kappa shape index (κ1) is 16.1. The second-order valence-corrected chi connectivity index (χ2v) is 7.03. The molecule has 24 heavy (non-hydrogen) atoms. The van der Waals surface area contributed by atoms with Crippen LogP contribution >= 0.6 is 0 Å². The molecule has 1 saturated carbocycles. The smallest absolute Gasteiger partial charge is 0.134 e. The highest BCUT2D eigenvalue weighted by Crippen LogP contribution is 2.51. The van der Waals surface area contributed by atoms with Crippen molar-refractivity contribution in [1.29, 1.82) is 0 Å². The number of anilines is 2. The number of piperidine rings is 1. The molecule has 3 fully saturated rings. The van der Waals surface area contributed by atoms with Crippen molar-refractivity contribution in [2.75, 3.05) is 56.3 Å². The number of aliphatic hydroxyl groups is 1. The number of methoxy groups -OCH3 is 1. The topological polar surface area (TPSA) is 71.0 Å². The normalized spacial score (nSPS) is 29.6. The Balaban J connectivity index is 1.44. The molecule has 1 aromatic rings. The largest absolute Gasteiger partial charge is 0.392 e. The quantitative estimate of drug-likeness (QED) is 0.871. The average molecular weight is 334 g/mol. The Morgan fingerprint density at radius 2 is 1.75 bits per heavy atom. The van der Waals surface area contributed by atoms with Crippen molar-refractivity contribution in [2.24, 2.45) is 5.41 Å². The van der Waals surface area contributed by atoms with Crippen molar-refractivity contribution in [1.82, 2.24) is 9.97 Å². The van der Waals surface area contributed by atoms with Gasteiger partial charge in [-0.05, 0) is 12.8 Å². The van der Waals surface area contributed by atoms with Gasteiger partial charge < -0.3 is 24.4 Å². The van der Waals surface area contributed by atoms with Gasteiger partial charge in [0.05, 0.1) is 25.4 Å². The van der Waals surface area contributed by atoms with Crippen LogP contribution in [0.4, 0.5) is 11.6 Å². The highest BCUT2D eigenvalue weighted by Gasteiger charge is 2.55. The van der Waals surface area contributed by atoms with Gasteiger partial charge in [-0.1, -0.05) is 0 Å². The first-order valence-corrected chi connectivity index (χ1v) is 8.83. The van der Waals surface area contributed by atoms with E-state index in [0.29, 0.717) is 0 Å². The number of ether oxygens (including phenoxy) is 2. The number of hydrogen-bond acceptors (Lipinski definition) is 7. The summed E-state index contributed by atoms with van der Waals surface area (Å²) in [4.78, 5) is 13.4. The minimum atomic E-state index is -0.223. The van der Waals surface area contributed by atoms with Crippen LogP contribution in [0.5, 0.6) is 0 Å². The Morgan fingerprint density at radius 3 is 2.33 bits per heavy atom. The lowest BCUT2D eigenvalue weighted by Gasteiger charge is -2.56. The summed E-state index contributed by atoms with van der Waals surface area (Å²) in [5.74, 6) is 1.95. The maximum Gasteiger partial charge on any atom is 0.134 e. The zero-order valence-corrected chi connectivity index (χ0v) is 14.2. The summed E-state index contributed by atoms with van der Waals surface area (Å²) < 4.78 is 11.0. The van der Waals surface area contributed by atoms with E-state index in [1.54, 1.807) is 13.4 Å². The standard InChI is InChI=1S/C17H26N4O3/c1-23-14-10-13(22)17(14)2-4-20(5-3-17)15-11-16(19-12-18-15)21-6-8-24-9-7-21/h11-14,22H,2-10H2,1H3/t13-,14+/m0/s1. The number of rotatable bonds is 3. The van der Waals surface area contributed by atoms with Gasteiger partial charge in [0.1, 0.15) is 18.0 Å². The van der Waals surface area contributed by atoms with Crippen molar-refractivity contribution < 1.29 is 14.6 Å². The third-order valence-corrected chi connectivity index (χ3v) is 6.02. The maximum absolute atomic E-state index is 10.3. The van der Waals surface area contributed by atoms with Crippen LogP contribution in [0.25, 0.3) is 0 Å². The molecule has 1 aliphatic carbocycles. The number of hydrogen-bond donors (Lipinski definition) is 1. The van der Waals surface area contributed by atoms with Crippen LogP contribution in [-0.2, 0) is 9.47 Å². The van der Waals surface area contributed by atoms with E-state index >= 15 is 0 Å². The molecule has 0 amide bonds. The van der Waals surface area contributed by atoms with E-state index < -0.39 is 0 Å². The van der Waals surface area contributed by atoms with E-state index in [1.807, 2.05) is 0 Å². The van der Waals surface area contributed by atoms with E-state index in [1.165, 1.54) is 0 Å². The fourth-order valence-electron chi connectivity index (χ4n) is 4.34. The lowest BCUT2D eigenvalue weighted by atomic mass is 9.58. The zero-order valence-electron chi connectivity index (χ0n) is 14.2. The molecule has 2 aliphatic heterocycles. The molecular weight excluding hydrogens is 308 g/mol. The zero-order chi connectivity index (χ0) is 16.6. The fourth-order valence-corrected chi connectivity index (χ4v) is 4.34. The van der Waals surface area contributed by atoms with Crippen molar-refractivity contribution >= 4 is 11.6 Å². The van der Waals surface area contributed by atoms with Gasteiger partial charge in [0.25, 0.3) is 0 Å². The van der Waals surface area contributed by atoms with Crippen LogP contribution in [0.1, 0.15) is 19.3 Å². The van der Waals surface area contributed by atoms with Crippen LogP contribution < -0.4 is 9.80 Å². The minimum absolute atomic E-state index is 0.0503. The minimum Gasteiger partial charge on any atom is -0.392 e. The van der Waals surface area contributed by atoms with Gasteiger partial charge in [-0.15, -0.1) is 0 Å². The molecule has 0 unspecified atom stereocenters. The molecule has 0 bridgehead atoms. The Morgan fingerprint density at radius 1 is 1.12 bits per heavy atom. The van der Waals surface area contributed by atoms with Gasteiger partial charge in [0, 0.05) is 51.2 Å². The summed E-state index contributed by atoms with van der Waals surface area (Å²) in [6, 6.07) is 2.08. The molecule has 1 N–H and O–H groups in total. The van der Waals surface area contributed by atoms with Crippen molar-refractivity contribution in [3.63, 3.8) is 0 Å². The highest BCUT2D eigenvalue weighted by atomic mass is 16.5. The second kappa shape index (κ2) is 6.46. The lowest BCUT2D eigenvalue weighted by molar-refractivity contribution is -0.190. The first-order chi connectivity index (χ1) is 11.7. The SMILES string of the molecule is CO[C@@H]1C[C@H](O)C12CCN(c1cc(N3CCOCC3)ncn1)CC2. The molecule has 132 valence electrons. The van der Waals surface area contributed by atoms with Gasteiger partial charge in [-0.3, -0.25) is 0 Å². The van der Waals surface area contributed by atoms with Crippen LogP contribution in [0.2, 0.25) is 0 Å². The molecular formula is C17H26N4O3. The summed E-state index contributed by atoms with van der Waals surface area (Å²) in [5, 5.41) is 10.3. The molecule has 3 aliphatic rings. The molecule has 2 saturated heterocycles. The van der Waals surface area contributed by atoms with Crippen LogP contribution in [0, 0.1) is 5.41 Å². The molecule has 4 rings (SSSR count). The fraction of sp³-hybridized carbons (Fsp3) is 0.765. The van der Waals surface area contributed by atoms with Gasteiger partial charge in [0.2, 0.25) is 0 Å². The van der Waals surface area contributed by atoms with Crippen LogP contribution in [0.3, 0.4) is 0 Å². The summed E-state index contributed by atoms with van der Waals surface area (Å²) >= 11 is 0. The number of morpholine rings is 1. The number of aliphatic hydroxyl groups excluding tert-OH is 1. The van der Waals surface area contributed by atoms with Gasteiger partial charge in [-0.25, -0.2) is 9.97 Å². The number of aromatic nitrogens is 2. The van der Waals surface area contributed by atoms with Gasteiger partial charge in [0.15, 0.2) is 0 Å². The predicted molar refractivity (Wildman–Crippen MR) is 90.4 cm³/mol. The van der Waals surface area contributed by atoms with E-state index in [2.05, 4.69) is 25.8 Å². The van der Waals surface area contributed by atoms with E-state index in [0.717, 1.165) is 70.3 Å². The highest BCUT2D eigenvalue weighted by molar-refractivity contribution is 5.50. The predicted octanol–water partition coefficient (Wildman–Crippen LogP) is 0.679. The Bertz CT molecular complexity index is 571. The lowest BCUT2D eigenvalue weighted by Crippen LogP contribution is -2.62.